The van der Waals surface area contributed by atoms with E-state index in [1.165, 1.54) is 4.90 Å². The highest BCUT2D eigenvalue weighted by atomic mass is 19.1. The topological polar surface area (TPSA) is 67.6 Å². The molecule has 122 valence electrons. The molecular formula is C15H15F2N3O3. The van der Waals surface area contributed by atoms with Crippen molar-refractivity contribution in [1.29, 1.82) is 0 Å². The maximum Gasteiger partial charge on any atom is 0.254 e. The number of ether oxygens (including phenoxy) is 1. The lowest BCUT2D eigenvalue weighted by atomic mass is 10.1. The molecule has 1 aromatic heterocycles. The molecule has 0 saturated carbocycles. The molecule has 0 saturated heterocycles. The second kappa shape index (κ2) is 5.96. The number of aromatic nitrogens is 2. The summed E-state index contributed by atoms with van der Waals surface area (Å²) in [6, 6.07) is 3.64. The van der Waals surface area contributed by atoms with E-state index in [9.17, 15) is 13.6 Å². The van der Waals surface area contributed by atoms with E-state index >= 15 is 0 Å². The molecule has 8 heteroatoms. The van der Waals surface area contributed by atoms with Gasteiger partial charge in [-0.2, -0.15) is 5.10 Å². The number of fused-ring (bicyclic) bond motifs is 1. The molecule has 1 aromatic carbocycles. The molecule has 23 heavy (non-hydrogen) atoms. The van der Waals surface area contributed by atoms with Crippen molar-refractivity contribution < 1.29 is 23.4 Å². The number of nitrogens with zero attached hydrogens (tertiary/aromatic N) is 3. The number of halogens is 2. The van der Waals surface area contributed by atoms with Crippen LogP contribution in [-0.2, 0) is 19.7 Å². The van der Waals surface area contributed by atoms with E-state index < -0.39 is 23.3 Å². The van der Waals surface area contributed by atoms with E-state index in [2.05, 4.69) is 9.84 Å². The second-order valence-corrected chi connectivity index (χ2v) is 5.21. The molecule has 2 aromatic rings. The molecule has 0 radical (unpaired) electrons. The minimum absolute atomic E-state index is 0.0730. The molecule has 1 amide bonds. The van der Waals surface area contributed by atoms with Gasteiger partial charge in [-0.25, -0.2) is 8.78 Å². The summed E-state index contributed by atoms with van der Waals surface area (Å²) in [6.07, 6.45) is 0. The lowest BCUT2D eigenvalue weighted by molar-refractivity contribution is 0.0704. The van der Waals surface area contributed by atoms with Gasteiger partial charge in [-0.3, -0.25) is 9.48 Å². The number of amides is 1. The largest absolute Gasteiger partial charge is 0.491 e. The predicted molar refractivity (Wildman–Crippen MR) is 75.8 cm³/mol. The Morgan fingerprint density at radius 3 is 2.61 bits per heavy atom. The monoisotopic (exact) mass is 323 g/mol. The van der Waals surface area contributed by atoms with Crippen LogP contribution < -0.4 is 4.74 Å². The van der Waals surface area contributed by atoms with Gasteiger partial charge < -0.3 is 14.7 Å². The maximum absolute atomic E-state index is 13.7. The third kappa shape index (κ3) is 2.77. The van der Waals surface area contributed by atoms with E-state index in [0.717, 1.165) is 24.9 Å². The number of hydrogen-bond acceptors (Lipinski definition) is 4. The van der Waals surface area contributed by atoms with Crippen molar-refractivity contribution in [2.45, 2.75) is 19.7 Å². The minimum atomic E-state index is -0.916. The van der Waals surface area contributed by atoms with E-state index in [1.807, 2.05) is 0 Å². The first kappa shape index (κ1) is 15.4. The van der Waals surface area contributed by atoms with Crippen LogP contribution in [0.4, 0.5) is 8.78 Å². The molecule has 0 fully saturated rings. The summed E-state index contributed by atoms with van der Waals surface area (Å²) in [5.74, 6) is -2.81. The predicted octanol–water partition coefficient (Wildman–Crippen LogP) is 1.32. The molecule has 0 bridgehead atoms. The average molecular weight is 323 g/mol. The van der Waals surface area contributed by atoms with Crippen LogP contribution in [0, 0.1) is 11.6 Å². The van der Waals surface area contributed by atoms with Crippen molar-refractivity contribution in [2.75, 3.05) is 13.7 Å². The number of methoxy groups -OCH3 is 1. The van der Waals surface area contributed by atoms with Crippen LogP contribution in [0.2, 0.25) is 0 Å². The summed E-state index contributed by atoms with van der Waals surface area (Å²) in [4.78, 5) is 13.9. The first-order valence-corrected chi connectivity index (χ1v) is 7.02. The van der Waals surface area contributed by atoms with Crippen LogP contribution in [-0.4, -0.2) is 39.3 Å². The Kier molecular flexibility index (Phi) is 3.99. The minimum Gasteiger partial charge on any atom is -0.491 e. The highest BCUT2D eigenvalue weighted by Crippen LogP contribution is 2.24. The van der Waals surface area contributed by atoms with E-state index in [4.69, 9.17) is 5.11 Å². The fraction of sp³-hybridized carbons (Fsp3) is 0.333. The zero-order chi connectivity index (χ0) is 16.6. The van der Waals surface area contributed by atoms with Crippen LogP contribution in [0.3, 0.4) is 0 Å². The summed E-state index contributed by atoms with van der Waals surface area (Å²) in [5.41, 5.74) is 1.22. The maximum atomic E-state index is 13.7. The molecule has 0 aliphatic carbocycles. The Morgan fingerprint density at radius 2 is 2.00 bits per heavy atom. The SMILES string of the molecule is COc1c(F)cc(C(=O)N2CCn3nc(CO)cc3C2)cc1F. The second-order valence-electron chi connectivity index (χ2n) is 5.21. The highest BCUT2D eigenvalue weighted by molar-refractivity contribution is 5.94. The van der Waals surface area contributed by atoms with Crippen LogP contribution >= 0.6 is 0 Å². The number of aliphatic hydroxyl groups excluding tert-OH is 1. The van der Waals surface area contributed by atoms with Gasteiger partial charge in [-0.1, -0.05) is 0 Å². The van der Waals surface area contributed by atoms with Gasteiger partial charge >= 0.3 is 0 Å². The lowest BCUT2D eigenvalue weighted by Crippen LogP contribution is -2.38. The molecular weight excluding hydrogens is 308 g/mol. The number of aliphatic hydroxyl groups is 1. The molecule has 1 N–H and O–H groups in total. The number of carbonyl (C=O) groups is 1. The molecule has 0 unspecified atom stereocenters. The fourth-order valence-corrected chi connectivity index (χ4v) is 2.64. The number of benzene rings is 1. The third-order valence-electron chi connectivity index (χ3n) is 3.75. The summed E-state index contributed by atoms with van der Waals surface area (Å²) < 4.78 is 33.8. The van der Waals surface area contributed by atoms with E-state index in [0.29, 0.717) is 18.8 Å². The average Bonchev–Trinajstić information content (AvgIpc) is 2.96. The number of rotatable bonds is 3. The smallest absolute Gasteiger partial charge is 0.254 e. The van der Waals surface area contributed by atoms with Gasteiger partial charge in [0.25, 0.3) is 5.91 Å². The van der Waals surface area contributed by atoms with Crippen molar-refractivity contribution in [3.05, 3.63) is 46.8 Å². The van der Waals surface area contributed by atoms with Gasteiger partial charge in [-0.05, 0) is 18.2 Å². The quantitative estimate of drug-likeness (QED) is 0.925. The van der Waals surface area contributed by atoms with Gasteiger partial charge in [0, 0.05) is 12.1 Å². The Balaban J connectivity index is 1.84. The molecule has 1 aliphatic rings. The lowest BCUT2D eigenvalue weighted by Gasteiger charge is -2.27. The number of hydrogen-bond donors (Lipinski definition) is 1. The van der Waals surface area contributed by atoms with Gasteiger partial charge in [0.1, 0.15) is 0 Å². The van der Waals surface area contributed by atoms with Gasteiger partial charge in [0.15, 0.2) is 17.4 Å². The van der Waals surface area contributed by atoms with Crippen LogP contribution in [0.15, 0.2) is 18.2 Å². The standard InChI is InChI=1S/C15H15F2N3O3/c1-23-14-12(16)4-9(5-13(14)17)15(22)19-2-3-20-11(7-19)6-10(8-21)18-20/h4-6,21H,2-3,7-8H2,1H3. The first-order valence-electron chi connectivity index (χ1n) is 7.02. The summed E-state index contributed by atoms with van der Waals surface area (Å²) >= 11 is 0. The van der Waals surface area contributed by atoms with E-state index in [-0.39, 0.29) is 18.7 Å². The van der Waals surface area contributed by atoms with Gasteiger partial charge in [-0.15, -0.1) is 0 Å². The Bertz CT molecular complexity index is 737. The van der Waals surface area contributed by atoms with Gasteiger partial charge in [0.05, 0.1) is 38.2 Å². The molecule has 2 heterocycles. The van der Waals surface area contributed by atoms with Crippen LogP contribution in [0.5, 0.6) is 5.75 Å². The number of carbonyl (C=O) groups excluding carboxylic acids is 1. The molecule has 3 rings (SSSR count). The molecule has 6 nitrogen and oxygen atoms in total. The van der Waals surface area contributed by atoms with Crippen molar-refractivity contribution in [3.63, 3.8) is 0 Å². The Morgan fingerprint density at radius 1 is 1.30 bits per heavy atom. The Hall–Kier alpha value is -2.48. The highest BCUT2D eigenvalue weighted by Gasteiger charge is 2.25. The summed E-state index contributed by atoms with van der Waals surface area (Å²) in [7, 11) is 1.16. The molecule has 1 aliphatic heterocycles. The van der Waals surface area contributed by atoms with Crippen LogP contribution in [0.25, 0.3) is 0 Å². The van der Waals surface area contributed by atoms with Crippen molar-refractivity contribution in [1.82, 2.24) is 14.7 Å². The van der Waals surface area contributed by atoms with Crippen molar-refractivity contribution >= 4 is 5.91 Å². The van der Waals surface area contributed by atoms with Gasteiger partial charge in [0.2, 0.25) is 0 Å². The van der Waals surface area contributed by atoms with Crippen LogP contribution in [0.1, 0.15) is 21.7 Å². The molecule has 0 spiro atoms. The zero-order valence-electron chi connectivity index (χ0n) is 12.4. The fourth-order valence-electron chi connectivity index (χ4n) is 2.64. The third-order valence-corrected chi connectivity index (χ3v) is 3.75. The summed E-state index contributed by atoms with van der Waals surface area (Å²) in [6.45, 7) is 0.916. The molecule has 0 atom stereocenters. The van der Waals surface area contributed by atoms with Crippen molar-refractivity contribution in [3.8, 4) is 5.75 Å². The Labute approximate surface area is 130 Å². The van der Waals surface area contributed by atoms with Crippen molar-refractivity contribution in [2.24, 2.45) is 0 Å². The summed E-state index contributed by atoms with van der Waals surface area (Å²) in [5, 5.41) is 13.3. The van der Waals surface area contributed by atoms with E-state index in [1.54, 1.807) is 10.7 Å². The normalized spacial score (nSPS) is 13.8. The zero-order valence-corrected chi connectivity index (χ0v) is 12.4. The first-order chi connectivity index (χ1) is 11.0.